The molecule has 34 valence electrons. The molecule has 0 aromatic rings. The van der Waals surface area contributed by atoms with E-state index in [4.69, 9.17) is 11.9 Å². The first-order valence-electron chi connectivity index (χ1n) is 0.433. The fourth-order valence-electron chi connectivity index (χ4n) is 0. The van der Waals surface area contributed by atoms with Crippen LogP contribution in [0.15, 0.2) is 0 Å². The molecular formula is Fe2O3. The van der Waals surface area contributed by atoms with E-state index in [1.807, 2.05) is 15.9 Å². The van der Waals surface area contributed by atoms with Crippen molar-refractivity contribution in [1.82, 2.24) is 0 Å². The third-order valence-electron chi connectivity index (χ3n) is 0. The molecule has 0 atom stereocenters. The average molecular weight is 160 g/mol. The van der Waals surface area contributed by atoms with E-state index < -0.39 is 15.2 Å². The summed E-state index contributed by atoms with van der Waals surface area (Å²) in [5.41, 5.74) is 0. The molecule has 0 aliphatic rings. The van der Waals surface area contributed by atoms with Crippen molar-refractivity contribution in [3.05, 3.63) is 0 Å². The normalized spacial score (nSPS) is 4.20. The monoisotopic (exact) mass is 160 g/mol. The van der Waals surface area contributed by atoms with Gasteiger partial charge in [-0.05, 0) is 0 Å². The SMILES string of the molecule is [O]=[Fe+].[O]=[Fe][O-]. The van der Waals surface area contributed by atoms with E-state index in [2.05, 4.69) is 0 Å². The molecule has 0 bridgehead atoms. The summed E-state index contributed by atoms with van der Waals surface area (Å²) in [6.07, 6.45) is 0. The van der Waals surface area contributed by atoms with Gasteiger partial charge in [0.15, 0.2) is 0 Å². The minimum absolute atomic E-state index is 1.25. The van der Waals surface area contributed by atoms with Crippen LogP contribution in [0.1, 0.15) is 0 Å². The van der Waals surface area contributed by atoms with Crippen molar-refractivity contribution < 1.29 is 43.0 Å². The van der Waals surface area contributed by atoms with Gasteiger partial charge in [0.2, 0.25) is 0 Å². The van der Waals surface area contributed by atoms with E-state index in [0.717, 1.165) is 0 Å². The second-order valence-corrected chi connectivity index (χ2v) is 0.243. The summed E-state index contributed by atoms with van der Waals surface area (Å²) in [5, 5.41) is 0. The van der Waals surface area contributed by atoms with Gasteiger partial charge in [-0.25, -0.2) is 0 Å². The van der Waals surface area contributed by atoms with Crippen molar-refractivity contribution in [2.75, 3.05) is 0 Å². The summed E-state index contributed by atoms with van der Waals surface area (Å²) in [4.78, 5) is 0. The van der Waals surface area contributed by atoms with Crippen molar-refractivity contribution >= 4 is 0 Å². The van der Waals surface area contributed by atoms with Gasteiger partial charge in [-0.3, -0.25) is 0 Å². The molecule has 0 rings (SSSR count). The zero-order valence-electron chi connectivity index (χ0n) is 1.93. The first kappa shape index (κ1) is 9.14. The second-order valence-electron chi connectivity index (χ2n) is 0.0589. The second kappa shape index (κ2) is 23.3. The summed E-state index contributed by atoms with van der Waals surface area (Å²) in [7, 11) is 0. The zero-order chi connectivity index (χ0) is 4.71. The van der Waals surface area contributed by atoms with Crippen molar-refractivity contribution in [1.29, 1.82) is 0 Å². The Balaban J connectivity index is 0. The Morgan fingerprint density at radius 3 is 1.60 bits per heavy atom. The van der Waals surface area contributed by atoms with Gasteiger partial charge in [0.05, 0.1) is 0 Å². The summed E-state index contributed by atoms with van der Waals surface area (Å²) in [5.74, 6) is 0. The molecule has 0 aromatic carbocycles. The first-order valence-corrected chi connectivity index (χ1v) is 1.79. The van der Waals surface area contributed by atoms with E-state index in [1.54, 1.807) is 0 Å². The summed E-state index contributed by atoms with van der Waals surface area (Å²) in [6, 6.07) is 0. The molecular weight excluding hydrogens is 160 g/mol. The average Bonchev–Trinajstić information content (AvgIpc) is 1.46. The number of hydrogen-bond acceptors (Lipinski definition) is 3. The summed E-state index contributed by atoms with van der Waals surface area (Å²) >= 11 is 0.750. The van der Waals surface area contributed by atoms with Crippen molar-refractivity contribution in [2.24, 2.45) is 0 Å². The predicted molar refractivity (Wildman–Crippen MR) is 1.37 cm³/mol. The van der Waals surface area contributed by atoms with E-state index in [0.29, 0.717) is 0 Å². The van der Waals surface area contributed by atoms with Crippen molar-refractivity contribution in [2.45, 2.75) is 0 Å². The van der Waals surface area contributed by atoms with Crippen LogP contribution in [-0.2, 0) is 38.8 Å². The van der Waals surface area contributed by atoms with E-state index in [-0.39, 0.29) is 0 Å². The Kier molecular flexibility index (Phi) is 42.6. The molecule has 0 aliphatic carbocycles. The van der Waals surface area contributed by atoms with Gasteiger partial charge < -0.3 is 0 Å². The van der Waals surface area contributed by atoms with E-state index in [1.165, 1.54) is 0 Å². The molecule has 0 aliphatic heterocycles. The Bertz CT molecular complexity index is 18.9. The van der Waals surface area contributed by atoms with Gasteiger partial charge in [0, 0.05) is 0 Å². The van der Waals surface area contributed by atoms with Crippen molar-refractivity contribution in [3.63, 3.8) is 0 Å². The van der Waals surface area contributed by atoms with Gasteiger partial charge in [-0.2, -0.15) is 0 Å². The van der Waals surface area contributed by atoms with Crippen LogP contribution in [0.3, 0.4) is 0 Å². The summed E-state index contributed by atoms with van der Waals surface area (Å²) in [6.45, 7) is 0. The van der Waals surface area contributed by atoms with Crippen LogP contribution < -0.4 is 4.19 Å². The molecule has 0 heterocycles. The Hall–Kier alpha value is 0.599. The molecule has 3 nitrogen and oxygen atoms in total. The Labute approximate surface area is 43.5 Å². The van der Waals surface area contributed by atoms with Gasteiger partial charge in [-0.1, -0.05) is 0 Å². The molecule has 0 saturated heterocycles. The third kappa shape index (κ3) is 86.6. The van der Waals surface area contributed by atoms with Crippen LogP contribution in [0.25, 0.3) is 0 Å². The minimum atomic E-state index is -1.25. The van der Waals surface area contributed by atoms with E-state index >= 15 is 0 Å². The molecule has 0 radical (unpaired) electrons. The molecule has 0 unspecified atom stereocenters. The summed E-state index contributed by atoms with van der Waals surface area (Å²) < 4.78 is 24.8. The van der Waals surface area contributed by atoms with Crippen LogP contribution in [-0.4, -0.2) is 0 Å². The first-order chi connectivity index (χ1) is 2.41. The van der Waals surface area contributed by atoms with Crippen LogP contribution in [0.4, 0.5) is 0 Å². The Morgan fingerprint density at radius 1 is 1.60 bits per heavy atom. The van der Waals surface area contributed by atoms with Gasteiger partial charge >= 0.3 is 43.0 Å². The van der Waals surface area contributed by atoms with Crippen LogP contribution >= 0.6 is 0 Å². The van der Waals surface area contributed by atoms with Gasteiger partial charge in [-0.15, -0.1) is 0 Å². The molecule has 0 amide bonds. The topological polar surface area (TPSA) is 57.2 Å². The van der Waals surface area contributed by atoms with E-state index in [9.17, 15) is 0 Å². The van der Waals surface area contributed by atoms with Crippen molar-refractivity contribution in [3.8, 4) is 0 Å². The van der Waals surface area contributed by atoms with Gasteiger partial charge in [0.25, 0.3) is 0 Å². The molecule has 5 heavy (non-hydrogen) atoms. The maximum absolute atomic E-state index is 8.38. The fourth-order valence-corrected chi connectivity index (χ4v) is 0. The van der Waals surface area contributed by atoms with Crippen LogP contribution in [0.5, 0.6) is 0 Å². The molecule has 0 saturated carbocycles. The molecule has 0 spiro atoms. The van der Waals surface area contributed by atoms with Gasteiger partial charge in [0.1, 0.15) is 0 Å². The predicted octanol–water partition coefficient (Wildman–Crippen LogP) is -1.43. The number of hydrogen-bond donors (Lipinski definition) is 0. The number of rotatable bonds is 0. The van der Waals surface area contributed by atoms with Crippen LogP contribution in [0.2, 0.25) is 0 Å². The standard InChI is InChI=1S/2Fe.3O/q;+1;;;-1. The zero-order valence-corrected chi connectivity index (χ0v) is 4.14. The maximum atomic E-state index is 8.38. The Morgan fingerprint density at radius 2 is 1.60 bits per heavy atom. The van der Waals surface area contributed by atoms with Crippen LogP contribution in [0, 0.1) is 0 Å². The fraction of sp³-hybridized carbons (Fsp3) is 0. The molecule has 0 fully saturated rings. The molecule has 0 aromatic heterocycles. The quantitative estimate of drug-likeness (QED) is 0.408. The molecule has 0 N–H and O–H groups in total. The molecule has 5 heteroatoms. The third-order valence-corrected chi connectivity index (χ3v) is 0.